The van der Waals surface area contributed by atoms with Crippen molar-refractivity contribution in [3.05, 3.63) is 137 Å². The fraction of sp³-hybridized carbons (Fsp3) is 0.0606. The molecule has 0 unspecified atom stereocenters. The summed E-state index contributed by atoms with van der Waals surface area (Å²) in [4.78, 5) is 18.2. The number of benzene rings is 4. The molecule has 0 saturated carbocycles. The second-order valence-electron chi connectivity index (χ2n) is 9.37. The summed E-state index contributed by atoms with van der Waals surface area (Å²) < 4.78 is 2.24. The summed E-state index contributed by atoms with van der Waals surface area (Å²) in [6, 6.07) is 35.4. The van der Waals surface area contributed by atoms with Crippen LogP contribution in [0.15, 0.2) is 114 Å². The molecule has 0 fully saturated rings. The van der Waals surface area contributed by atoms with Crippen molar-refractivity contribution in [1.82, 2.24) is 15.0 Å². The maximum atomic E-state index is 13.4. The number of amides is 1. The number of hydrogen-bond donors (Lipinski definition) is 1. The van der Waals surface area contributed by atoms with Crippen molar-refractivity contribution >= 4 is 45.5 Å². The number of carbonyl (C=O) groups is 1. The minimum absolute atomic E-state index is 0.289. The van der Waals surface area contributed by atoms with Crippen LogP contribution in [0.2, 0.25) is 5.02 Å². The van der Waals surface area contributed by atoms with Crippen LogP contribution in [0.1, 0.15) is 27.2 Å². The van der Waals surface area contributed by atoms with E-state index in [2.05, 4.69) is 40.2 Å². The molecule has 0 aliphatic carbocycles. The number of rotatable bonds is 6. The highest BCUT2D eigenvalue weighted by Gasteiger charge is 2.15. The van der Waals surface area contributed by atoms with Gasteiger partial charge in [-0.1, -0.05) is 90.5 Å². The van der Waals surface area contributed by atoms with Gasteiger partial charge in [0.15, 0.2) is 0 Å². The Hall–Kier alpha value is -4.74. The summed E-state index contributed by atoms with van der Waals surface area (Å²) in [6.07, 6.45) is 1.73. The van der Waals surface area contributed by atoms with E-state index in [1.807, 2.05) is 91.0 Å². The largest absolute Gasteiger partial charge is 0.340 e. The van der Waals surface area contributed by atoms with Gasteiger partial charge in [0, 0.05) is 44.7 Å². The lowest BCUT2D eigenvalue weighted by Gasteiger charge is -2.09. The van der Waals surface area contributed by atoms with E-state index in [0.717, 1.165) is 49.9 Å². The van der Waals surface area contributed by atoms with E-state index in [1.54, 1.807) is 6.21 Å². The van der Waals surface area contributed by atoms with Crippen molar-refractivity contribution in [2.24, 2.45) is 5.10 Å². The Morgan fingerprint density at radius 1 is 0.897 bits per heavy atom. The molecule has 6 aromatic rings. The molecule has 6 rings (SSSR count). The smallest absolute Gasteiger partial charge is 0.272 e. The number of para-hydroxylation sites is 2. The molecule has 0 saturated heterocycles. The van der Waals surface area contributed by atoms with Gasteiger partial charge in [0.2, 0.25) is 0 Å². The zero-order chi connectivity index (χ0) is 26.8. The molecule has 0 bridgehead atoms. The first-order valence-electron chi connectivity index (χ1n) is 12.7. The summed E-state index contributed by atoms with van der Waals surface area (Å²) in [5.74, 6) is -0.289. The first-order chi connectivity index (χ1) is 19.1. The molecule has 1 N–H and O–H groups in total. The SMILES string of the molecule is Cc1c(/C=N\NC(=O)c2cc(-c3ccccc3)nc3ccccc23)c2ccccc2n1Cc1cccc(Cl)c1. The highest BCUT2D eigenvalue weighted by atomic mass is 35.5. The summed E-state index contributed by atoms with van der Waals surface area (Å²) in [5, 5.41) is 6.95. The van der Waals surface area contributed by atoms with E-state index in [1.165, 1.54) is 0 Å². The molecule has 2 heterocycles. The van der Waals surface area contributed by atoms with Gasteiger partial charge in [-0.05, 0) is 42.8 Å². The molecule has 6 heteroatoms. The molecular formula is C33H25ClN4O. The zero-order valence-electron chi connectivity index (χ0n) is 21.3. The fourth-order valence-electron chi connectivity index (χ4n) is 4.98. The van der Waals surface area contributed by atoms with Crippen LogP contribution in [-0.4, -0.2) is 21.7 Å². The molecule has 2 aromatic heterocycles. The minimum atomic E-state index is -0.289. The van der Waals surface area contributed by atoms with Crippen molar-refractivity contribution in [2.45, 2.75) is 13.5 Å². The Labute approximate surface area is 231 Å². The summed E-state index contributed by atoms with van der Waals surface area (Å²) >= 11 is 6.23. The standard InChI is InChI=1S/C33H25ClN4O/c1-22-29(27-15-6-8-17-32(27)38(22)21-23-10-9-13-25(34)18-23)20-35-37-33(39)28-19-31(24-11-3-2-4-12-24)36-30-16-7-5-14-26(28)30/h2-20H,21H2,1H3,(H,37,39)/b35-20-. The molecule has 0 atom stereocenters. The molecule has 5 nitrogen and oxygen atoms in total. The Balaban J connectivity index is 1.33. The first-order valence-corrected chi connectivity index (χ1v) is 13.1. The average Bonchev–Trinajstić information content (AvgIpc) is 3.23. The van der Waals surface area contributed by atoms with Crippen LogP contribution in [-0.2, 0) is 6.54 Å². The van der Waals surface area contributed by atoms with Gasteiger partial charge in [0.25, 0.3) is 5.91 Å². The zero-order valence-corrected chi connectivity index (χ0v) is 22.1. The van der Waals surface area contributed by atoms with Gasteiger partial charge in [0.05, 0.1) is 23.0 Å². The molecule has 0 aliphatic heterocycles. The first kappa shape index (κ1) is 24.6. The number of halogens is 1. The summed E-state index contributed by atoms with van der Waals surface area (Å²) in [6.45, 7) is 2.74. The Bertz CT molecular complexity index is 1860. The quantitative estimate of drug-likeness (QED) is 0.178. The van der Waals surface area contributed by atoms with Crippen LogP contribution < -0.4 is 5.43 Å². The number of fused-ring (bicyclic) bond motifs is 2. The highest BCUT2D eigenvalue weighted by Crippen LogP contribution is 2.27. The van der Waals surface area contributed by atoms with Crippen molar-refractivity contribution in [3.8, 4) is 11.3 Å². The molecule has 0 aliphatic rings. The minimum Gasteiger partial charge on any atom is -0.340 e. The van der Waals surface area contributed by atoms with Gasteiger partial charge in [-0.2, -0.15) is 5.10 Å². The van der Waals surface area contributed by atoms with Gasteiger partial charge in [-0.25, -0.2) is 10.4 Å². The molecule has 4 aromatic carbocycles. The van der Waals surface area contributed by atoms with Gasteiger partial charge >= 0.3 is 0 Å². The van der Waals surface area contributed by atoms with Crippen LogP contribution in [0.25, 0.3) is 33.1 Å². The van der Waals surface area contributed by atoms with Crippen molar-refractivity contribution in [1.29, 1.82) is 0 Å². The van der Waals surface area contributed by atoms with E-state index in [4.69, 9.17) is 16.6 Å². The van der Waals surface area contributed by atoms with Gasteiger partial charge < -0.3 is 4.57 Å². The summed E-state index contributed by atoms with van der Waals surface area (Å²) in [7, 11) is 0. The number of nitrogens with zero attached hydrogens (tertiary/aromatic N) is 3. The highest BCUT2D eigenvalue weighted by molar-refractivity contribution is 6.30. The lowest BCUT2D eigenvalue weighted by Crippen LogP contribution is -2.18. The maximum Gasteiger partial charge on any atom is 0.272 e. The van der Waals surface area contributed by atoms with Gasteiger partial charge in [0.1, 0.15) is 0 Å². The molecule has 39 heavy (non-hydrogen) atoms. The topological polar surface area (TPSA) is 59.3 Å². The molecule has 0 spiro atoms. The van der Waals surface area contributed by atoms with E-state index < -0.39 is 0 Å². The monoisotopic (exact) mass is 528 g/mol. The Morgan fingerprint density at radius 2 is 1.64 bits per heavy atom. The van der Waals surface area contributed by atoms with Crippen molar-refractivity contribution in [3.63, 3.8) is 0 Å². The summed E-state index contributed by atoms with van der Waals surface area (Å²) in [5.41, 5.74) is 9.93. The molecule has 1 amide bonds. The Morgan fingerprint density at radius 3 is 2.46 bits per heavy atom. The Kier molecular flexibility index (Phi) is 6.66. The molecule has 190 valence electrons. The molecule has 0 radical (unpaired) electrons. The third kappa shape index (κ3) is 4.92. The number of carbonyl (C=O) groups excluding carboxylic acids is 1. The lowest BCUT2D eigenvalue weighted by atomic mass is 10.0. The lowest BCUT2D eigenvalue weighted by molar-refractivity contribution is 0.0956. The van der Waals surface area contributed by atoms with E-state index >= 15 is 0 Å². The van der Waals surface area contributed by atoms with Crippen LogP contribution in [0, 0.1) is 6.92 Å². The molecular weight excluding hydrogens is 504 g/mol. The number of hydrazone groups is 1. The van der Waals surface area contributed by atoms with Crippen LogP contribution in [0.3, 0.4) is 0 Å². The van der Waals surface area contributed by atoms with E-state index in [-0.39, 0.29) is 5.91 Å². The second-order valence-corrected chi connectivity index (χ2v) is 9.81. The maximum absolute atomic E-state index is 13.4. The van der Waals surface area contributed by atoms with Crippen LogP contribution in [0.5, 0.6) is 0 Å². The van der Waals surface area contributed by atoms with Gasteiger partial charge in [-0.3, -0.25) is 4.79 Å². The third-order valence-electron chi connectivity index (χ3n) is 6.90. The van der Waals surface area contributed by atoms with E-state index in [0.29, 0.717) is 17.1 Å². The number of nitrogens with one attached hydrogen (secondary N) is 1. The number of aromatic nitrogens is 2. The fourth-order valence-corrected chi connectivity index (χ4v) is 5.19. The predicted molar refractivity (Wildman–Crippen MR) is 159 cm³/mol. The number of hydrogen-bond acceptors (Lipinski definition) is 3. The van der Waals surface area contributed by atoms with Crippen molar-refractivity contribution < 1.29 is 4.79 Å². The van der Waals surface area contributed by atoms with Gasteiger partial charge in [-0.15, -0.1) is 0 Å². The second kappa shape index (κ2) is 10.6. The van der Waals surface area contributed by atoms with Crippen molar-refractivity contribution in [2.75, 3.05) is 0 Å². The normalized spacial score (nSPS) is 11.4. The number of pyridine rings is 1. The third-order valence-corrected chi connectivity index (χ3v) is 7.13. The van der Waals surface area contributed by atoms with Crippen LogP contribution >= 0.6 is 11.6 Å². The van der Waals surface area contributed by atoms with E-state index in [9.17, 15) is 4.79 Å². The predicted octanol–water partition coefficient (Wildman–Crippen LogP) is 7.63. The average molecular weight is 529 g/mol. The van der Waals surface area contributed by atoms with Crippen LogP contribution in [0.4, 0.5) is 0 Å².